The van der Waals surface area contributed by atoms with Gasteiger partial charge < -0.3 is 15.5 Å². The van der Waals surface area contributed by atoms with Crippen molar-refractivity contribution in [2.24, 2.45) is 5.73 Å². The molecule has 1 fully saturated rings. The molecule has 1 aromatic heterocycles. The molecule has 1 saturated heterocycles. The Bertz CT molecular complexity index is 910. The molecule has 9 nitrogen and oxygen atoms in total. The minimum atomic E-state index is -5.20. The summed E-state index contributed by atoms with van der Waals surface area (Å²) in [5.74, 6) is -2.79. The van der Waals surface area contributed by atoms with E-state index in [1.807, 2.05) is 0 Å². The number of nitrogens with zero attached hydrogens (tertiary/aromatic N) is 4. The summed E-state index contributed by atoms with van der Waals surface area (Å²) in [6, 6.07) is 2.38. The Hall–Kier alpha value is -2.60. The number of carbonyl (C=O) groups excluding carboxylic acids is 2. The SMILES string of the molecule is NC1CCN(CC2CCn3c4c(ccc3=O)N(OC(=O)C(F)(F)F)CC(=O)N42)CC1. The van der Waals surface area contributed by atoms with E-state index in [-0.39, 0.29) is 29.1 Å². The highest BCUT2D eigenvalue weighted by Crippen LogP contribution is 2.38. The molecule has 12 heteroatoms. The van der Waals surface area contributed by atoms with Gasteiger partial charge in [0.05, 0.1) is 6.04 Å². The first-order chi connectivity index (χ1) is 14.1. The Kier molecular flexibility index (Phi) is 5.22. The molecule has 4 rings (SSSR count). The highest BCUT2D eigenvalue weighted by atomic mass is 19.4. The smallest absolute Gasteiger partial charge is 0.332 e. The maximum absolute atomic E-state index is 12.9. The molecular weight excluding hydrogens is 407 g/mol. The van der Waals surface area contributed by atoms with Crippen LogP contribution in [0.25, 0.3) is 0 Å². The van der Waals surface area contributed by atoms with Crippen LogP contribution >= 0.6 is 0 Å². The van der Waals surface area contributed by atoms with Crippen LogP contribution in [0.4, 0.5) is 24.7 Å². The van der Waals surface area contributed by atoms with Gasteiger partial charge in [-0.2, -0.15) is 18.2 Å². The maximum Gasteiger partial charge on any atom is 0.493 e. The molecular formula is C18H22F3N5O4. The number of hydroxylamine groups is 1. The second-order valence-corrected chi connectivity index (χ2v) is 7.79. The van der Waals surface area contributed by atoms with Crippen molar-refractivity contribution in [2.45, 2.75) is 44.1 Å². The van der Waals surface area contributed by atoms with E-state index in [1.165, 1.54) is 21.6 Å². The van der Waals surface area contributed by atoms with Gasteiger partial charge in [0, 0.05) is 25.2 Å². The second kappa shape index (κ2) is 7.58. The summed E-state index contributed by atoms with van der Waals surface area (Å²) in [6.45, 7) is 1.91. The number of likely N-dealkylation sites (tertiary alicyclic amines) is 1. The first kappa shape index (κ1) is 20.7. The largest absolute Gasteiger partial charge is 0.493 e. The van der Waals surface area contributed by atoms with Crippen molar-refractivity contribution in [3.63, 3.8) is 0 Å². The van der Waals surface area contributed by atoms with Gasteiger partial charge in [-0.1, -0.05) is 0 Å². The van der Waals surface area contributed by atoms with Crippen molar-refractivity contribution in [3.05, 3.63) is 22.5 Å². The number of hydrogen-bond acceptors (Lipinski definition) is 7. The standard InChI is InChI=1S/C18H22F3N5O4/c19-18(20,21)17(29)30-25-10-15(28)26-12(9-23-6-3-11(22)4-7-23)5-8-24-14(27)2-1-13(25)16(24)26/h1-2,11-12H,3-10,22H2. The molecule has 3 aliphatic heterocycles. The third-order valence-electron chi connectivity index (χ3n) is 5.76. The average Bonchev–Trinajstić information content (AvgIpc) is 2.68. The highest BCUT2D eigenvalue weighted by Gasteiger charge is 2.46. The van der Waals surface area contributed by atoms with Crippen molar-refractivity contribution in [2.75, 3.05) is 36.1 Å². The van der Waals surface area contributed by atoms with E-state index in [9.17, 15) is 27.6 Å². The lowest BCUT2D eigenvalue weighted by Gasteiger charge is -2.45. The van der Waals surface area contributed by atoms with Crippen molar-refractivity contribution in [1.29, 1.82) is 0 Å². The molecule has 3 aliphatic rings. The first-order valence-electron chi connectivity index (χ1n) is 9.75. The van der Waals surface area contributed by atoms with E-state index in [0.29, 0.717) is 24.6 Å². The molecule has 2 N–H and O–H groups in total. The molecule has 0 saturated carbocycles. The molecule has 164 valence electrons. The third-order valence-corrected chi connectivity index (χ3v) is 5.76. The molecule has 0 spiro atoms. The second-order valence-electron chi connectivity index (χ2n) is 7.79. The molecule has 4 heterocycles. The molecule has 0 aliphatic carbocycles. The third kappa shape index (κ3) is 3.76. The van der Waals surface area contributed by atoms with Crippen molar-refractivity contribution in [1.82, 2.24) is 9.47 Å². The zero-order valence-electron chi connectivity index (χ0n) is 16.1. The van der Waals surface area contributed by atoms with Gasteiger partial charge in [0.2, 0.25) is 0 Å². The number of carbonyl (C=O) groups is 2. The Morgan fingerprint density at radius 2 is 1.83 bits per heavy atom. The zero-order chi connectivity index (χ0) is 21.6. The number of halogens is 3. The van der Waals surface area contributed by atoms with Gasteiger partial charge in [0.1, 0.15) is 18.1 Å². The Morgan fingerprint density at radius 1 is 1.13 bits per heavy atom. The van der Waals surface area contributed by atoms with E-state index in [2.05, 4.69) is 9.74 Å². The van der Waals surface area contributed by atoms with Crippen LogP contribution in [0.1, 0.15) is 19.3 Å². The summed E-state index contributed by atoms with van der Waals surface area (Å²) in [4.78, 5) is 44.6. The summed E-state index contributed by atoms with van der Waals surface area (Å²) in [7, 11) is 0. The minimum absolute atomic E-state index is 0.0807. The maximum atomic E-state index is 12.9. The number of nitrogens with two attached hydrogens (primary N) is 1. The van der Waals surface area contributed by atoms with Crippen molar-refractivity contribution >= 4 is 23.4 Å². The lowest BCUT2D eigenvalue weighted by molar-refractivity contribution is -0.201. The molecule has 0 bridgehead atoms. The number of alkyl halides is 3. The predicted octanol–water partition coefficient (Wildman–Crippen LogP) is 0.217. The molecule has 1 aromatic rings. The van der Waals surface area contributed by atoms with Gasteiger partial charge in [-0.3, -0.25) is 19.1 Å². The number of aromatic nitrogens is 1. The summed E-state index contributed by atoms with van der Waals surface area (Å²) in [5.41, 5.74) is 5.65. The summed E-state index contributed by atoms with van der Waals surface area (Å²) in [6.07, 6.45) is -2.97. The first-order valence-corrected chi connectivity index (χ1v) is 9.75. The van der Waals surface area contributed by atoms with Gasteiger partial charge in [-0.05, 0) is 38.4 Å². The fourth-order valence-electron chi connectivity index (χ4n) is 4.25. The normalized spacial score (nSPS) is 22.8. The van der Waals surface area contributed by atoms with E-state index in [4.69, 9.17) is 5.73 Å². The van der Waals surface area contributed by atoms with Gasteiger partial charge in [0.15, 0.2) is 0 Å². The Balaban J connectivity index is 1.64. The number of piperidine rings is 1. The van der Waals surface area contributed by atoms with Crippen LogP contribution in [0.15, 0.2) is 16.9 Å². The summed E-state index contributed by atoms with van der Waals surface area (Å²) < 4.78 is 39.3. The zero-order valence-corrected chi connectivity index (χ0v) is 16.1. The number of hydrogen-bond donors (Lipinski definition) is 1. The lowest BCUT2D eigenvalue weighted by atomic mass is 10.0. The van der Waals surface area contributed by atoms with Crippen LogP contribution in [-0.2, 0) is 21.0 Å². The van der Waals surface area contributed by atoms with Crippen LogP contribution in [0, 0.1) is 0 Å². The Morgan fingerprint density at radius 3 is 2.50 bits per heavy atom. The molecule has 1 unspecified atom stereocenters. The summed E-state index contributed by atoms with van der Waals surface area (Å²) in [5, 5.41) is 0.613. The number of amides is 1. The van der Waals surface area contributed by atoms with Crippen LogP contribution in [0.3, 0.4) is 0 Å². The van der Waals surface area contributed by atoms with Crippen LogP contribution in [0.2, 0.25) is 0 Å². The molecule has 1 amide bonds. The van der Waals surface area contributed by atoms with Gasteiger partial charge >= 0.3 is 12.1 Å². The number of anilines is 2. The number of rotatable bonds is 3. The fraction of sp³-hybridized carbons (Fsp3) is 0.611. The quantitative estimate of drug-likeness (QED) is 0.734. The van der Waals surface area contributed by atoms with Gasteiger partial charge in [-0.15, -0.1) is 0 Å². The topological polar surface area (TPSA) is 101 Å². The van der Waals surface area contributed by atoms with E-state index >= 15 is 0 Å². The van der Waals surface area contributed by atoms with Crippen LogP contribution < -0.4 is 21.3 Å². The highest BCUT2D eigenvalue weighted by molar-refractivity contribution is 6.03. The van der Waals surface area contributed by atoms with Crippen LogP contribution in [-0.4, -0.2) is 65.8 Å². The van der Waals surface area contributed by atoms with Crippen molar-refractivity contribution in [3.8, 4) is 0 Å². The van der Waals surface area contributed by atoms with Crippen molar-refractivity contribution < 1.29 is 27.6 Å². The van der Waals surface area contributed by atoms with Gasteiger partial charge in [-0.25, -0.2) is 4.79 Å². The average molecular weight is 429 g/mol. The van der Waals surface area contributed by atoms with E-state index < -0.39 is 24.6 Å². The molecule has 30 heavy (non-hydrogen) atoms. The Labute approximate surface area is 169 Å². The van der Waals surface area contributed by atoms with E-state index in [0.717, 1.165) is 25.9 Å². The fourth-order valence-corrected chi connectivity index (χ4v) is 4.25. The van der Waals surface area contributed by atoms with E-state index in [1.54, 1.807) is 0 Å². The number of pyridine rings is 1. The monoisotopic (exact) mass is 429 g/mol. The predicted molar refractivity (Wildman–Crippen MR) is 99.7 cm³/mol. The summed E-state index contributed by atoms with van der Waals surface area (Å²) >= 11 is 0. The van der Waals surface area contributed by atoms with Crippen LogP contribution in [0.5, 0.6) is 0 Å². The molecule has 0 aromatic carbocycles. The minimum Gasteiger partial charge on any atom is -0.332 e. The molecule has 0 radical (unpaired) electrons. The molecule has 1 atom stereocenters. The lowest BCUT2D eigenvalue weighted by Crippen LogP contribution is -2.59. The van der Waals surface area contributed by atoms with Gasteiger partial charge in [0.25, 0.3) is 11.5 Å².